The van der Waals surface area contributed by atoms with Gasteiger partial charge in [0.25, 0.3) is 0 Å². The Morgan fingerprint density at radius 2 is 2.03 bits per heavy atom. The number of carbonyl (C=O) groups is 1. The average Bonchev–Trinajstić information content (AvgIpc) is 3.37. The van der Waals surface area contributed by atoms with Crippen molar-refractivity contribution in [3.8, 4) is 11.5 Å². The summed E-state index contributed by atoms with van der Waals surface area (Å²) in [6.45, 7) is 4.21. The highest BCUT2D eigenvalue weighted by Gasteiger charge is 2.73. The van der Waals surface area contributed by atoms with Crippen molar-refractivity contribution in [2.75, 3.05) is 39.7 Å². The summed E-state index contributed by atoms with van der Waals surface area (Å²) in [4.78, 5) is 15.6. The number of piperidine rings is 1. The Kier molecular flexibility index (Phi) is 3.65. The average molecular weight is 412 g/mol. The minimum Gasteiger partial charge on any atom is -0.493 e. The minimum atomic E-state index is -0.288. The van der Waals surface area contributed by atoms with Gasteiger partial charge >= 0.3 is 5.97 Å². The van der Waals surface area contributed by atoms with Crippen LogP contribution in [0.4, 0.5) is 5.69 Å². The summed E-state index contributed by atoms with van der Waals surface area (Å²) < 4.78 is 22.7. The molecule has 160 valence electrons. The number of carbonyl (C=O) groups excluding carboxylic acids is 1. The Labute approximate surface area is 176 Å². The molecule has 1 aromatic rings. The third kappa shape index (κ3) is 1.96. The number of benzene rings is 1. The number of rotatable bonds is 4. The van der Waals surface area contributed by atoms with Crippen LogP contribution in [0.1, 0.15) is 31.7 Å². The Morgan fingerprint density at radius 1 is 1.27 bits per heavy atom. The summed E-state index contributed by atoms with van der Waals surface area (Å²) in [5.41, 5.74) is 3.59. The predicted molar refractivity (Wildman–Crippen MR) is 110 cm³/mol. The first-order chi connectivity index (χ1) is 14.5. The van der Waals surface area contributed by atoms with E-state index in [4.69, 9.17) is 18.9 Å². The molecule has 1 N–H and O–H groups in total. The molecule has 7 heteroatoms. The molecule has 0 radical (unpaired) electrons. The lowest BCUT2D eigenvalue weighted by atomic mass is 9.53. The van der Waals surface area contributed by atoms with E-state index in [1.165, 1.54) is 12.7 Å². The summed E-state index contributed by atoms with van der Waals surface area (Å²) >= 11 is 0. The largest absolute Gasteiger partial charge is 0.493 e. The number of epoxide rings is 1. The molecule has 0 aromatic heterocycles. The van der Waals surface area contributed by atoms with E-state index in [1.807, 2.05) is 6.07 Å². The second-order valence-electron chi connectivity index (χ2n) is 9.20. The first-order valence-corrected chi connectivity index (χ1v) is 10.8. The third-order valence-corrected chi connectivity index (χ3v) is 8.34. The molecule has 0 bridgehead atoms. The maximum Gasteiger partial charge on any atom is 0.335 e. The number of hydrogen-bond donors (Lipinski definition) is 1. The van der Waals surface area contributed by atoms with Crippen LogP contribution in [0, 0.1) is 5.41 Å². The highest BCUT2D eigenvalue weighted by Crippen LogP contribution is 2.68. The lowest BCUT2D eigenvalue weighted by Gasteiger charge is -2.54. The number of nitrogens with one attached hydrogen (secondary N) is 1. The van der Waals surface area contributed by atoms with Crippen LogP contribution in [0.15, 0.2) is 23.4 Å². The van der Waals surface area contributed by atoms with Crippen molar-refractivity contribution >= 4 is 11.7 Å². The van der Waals surface area contributed by atoms with E-state index < -0.39 is 0 Å². The van der Waals surface area contributed by atoms with Crippen molar-refractivity contribution in [3.05, 3.63) is 29.0 Å². The molecule has 1 aromatic carbocycles. The van der Waals surface area contributed by atoms with Crippen LogP contribution in [-0.2, 0) is 19.7 Å². The maximum atomic E-state index is 13.0. The number of anilines is 1. The molecule has 30 heavy (non-hydrogen) atoms. The van der Waals surface area contributed by atoms with Gasteiger partial charge in [-0.05, 0) is 37.4 Å². The fourth-order valence-corrected chi connectivity index (χ4v) is 7.18. The van der Waals surface area contributed by atoms with Gasteiger partial charge in [-0.15, -0.1) is 0 Å². The molecule has 6 rings (SSSR count). The van der Waals surface area contributed by atoms with Crippen LogP contribution in [0.2, 0.25) is 0 Å². The monoisotopic (exact) mass is 412 g/mol. The van der Waals surface area contributed by atoms with Crippen molar-refractivity contribution in [3.63, 3.8) is 0 Å². The summed E-state index contributed by atoms with van der Waals surface area (Å²) in [5.74, 6) is 1.16. The van der Waals surface area contributed by atoms with E-state index >= 15 is 0 Å². The zero-order valence-corrected chi connectivity index (χ0v) is 17.9. The van der Waals surface area contributed by atoms with Crippen LogP contribution in [0.25, 0.3) is 0 Å². The maximum absolute atomic E-state index is 13.0. The topological polar surface area (TPSA) is 72.6 Å². The molecule has 4 aliphatic heterocycles. The molecule has 7 nitrogen and oxygen atoms in total. The van der Waals surface area contributed by atoms with Gasteiger partial charge in [0.1, 0.15) is 0 Å². The normalized spacial score (nSPS) is 37.5. The fourth-order valence-electron chi connectivity index (χ4n) is 7.18. The molecule has 0 saturated carbocycles. The Bertz CT molecular complexity index is 990. The van der Waals surface area contributed by atoms with E-state index in [2.05, 4.69) is 23.2 Å². The zero-order chi connectivity index (χ0) is 20.8. The highest BCUT2D eigenvalue weighted by molar-refractivity contribution is 5.93. The zero-order valence-electron chi connectivity index (χ0n) is 17.9. The molecule has 5 unspecified atom stereocenters. The van der Waals surface area contributed by atoms with Crippen LogP contribution in [-0.4, -0.2) is 63.5 Å². The summed E-state index contributed by atoms with van der Waals surface area (Å²) in [7, 11) is 4.79. The fraction of sp³-hybridized carbons (Fsp3) is 0.609. The molecule has 3 fully saturated rings. The summed E-state index contributed by atoms with van der Waals surface area (Å²) in [6, 6.07) is 4.39. The van der Waals surface area contributed by atoms with E-state index in [9.17, 15) is 4.79 Å². The standard InChI is InChI=1S/C23H28N2O5/c1-5-22-10-12(20(26)29-4)18-23(6-7-25(21(22)23)11-17-19(22)30-17)13-8-15(27-2)16(28-3)9-14(13)24-18/h8-9,17,19,21,24H,5-7,10-11H2,1-4H3. The van der Waals surface area contributed by atoms with Gasteiger partial charge in [-0.3, -0.25) is 4.90 Å². The van der Waals surface area contributed by atoms with E-state index in [1.54, 1.807) is 14.2 Å². The Morgan fingerprint density at radius 3 is 2.73 bits per heavy atom. The van der Waals surface area contributed by atoms with Crippen molar-refractivity contribution in [1.82, 2.24) is 4.90 Å². The first-order valence-electron chi connectivity index (χ1n) is 10.8. The van der Waals surface area contributed by atoms with Gasteiger partial charge in [0, 0.05) is 35.5 Å². The van der Waals surface area contributed by atoms with Crippen molar-refractivity contribution < 1.29 is 23.7 Å². The lowest BCUT2D eigenvalue weighted by Crippen LogP contribution is -2.63. The SMILES string of the molecule is CCC12CC(C(=O)OC)=C3Nc4cc(OC)c(OC)cc4C34CCN(CC3OC31)C42. The Balaban J connectivity index is 1.64. The molecule has 4 heterocycles. The van der Waals surface area contributed by atoms with Gasteiger partial charge in [-0.2, -0.15) is 0 Å². The van der Waals surface area contributed by atoms with Gasteiger partial charge in [0.2, 0.25) is 0 Å². The molecule has 1 spiro atoms. The first kappa shape index (κ1) is 18.5. The highest BCUT2D eigenvalue weighted by atomic mass is 16.6. The van der Waals surface area contributed by atoms with Crippen molar-refractivity contribution in [1.29, 1.82) is 0 Å². The van der Waals surface area contributed by atoms with Crippen LogP contribution >= 0.6 is 0 Å². The van der Waals surface area contributed by atoms with Crippen LogP contribution < -0.4 is 14.8 Å². The predicted octanol–water partition coefficient (Wildman–Crippen LogP) is 2.45. The number of fused-ring (bicyclic) bond motifs is 3. The number of methoxy groups -OCH3 is 3. The summed E-state index contributed by atoms with van der Waals surface area (Å²) in [5, 5.41) is 3.62. The second kappa shape index (κ2) is 5.92. The van der Waals surface area contributed by atoms with Crippen molar-refractivity contribution in [2.24, 2.45) is 5.41 Å². The van der Waals surface area contributed by atoms with E-state index in [0.717, 1.165) is 48.6 Å². The molecule has 3 saturated heterocycles. The number of esters is 1. The molecule has 5 atom stereocenters. The molecular weight excluding hydrogens is 384 g/mol. The second-order valence-corrected chi connectivity index (χ2v) is 9.20. The van der Waals surface area contributed by atoms with Gasteiger partial charge < -0.3 is 24.3 Å². The Hall–Kier alpha value is -2.25. The van der Waals surface area contributed by atoms with Gasteiger partial charge in [-0.1, -0.05) is 6.92 Å². The molecular formula is C23H28N2O5. The van der Waals surface area contributed by atoms with Gasteiger partial charge in [0.05, 0.1) is 44.5 Å². The minimum absolute atomic E-state index is 0.0944. The number of nitrogens with zero attached hydrogens (tertiary/aromatic N) is 1. The molecule has 5 aliphatic rings. The number of ether oxygens (including phenoxy) is 4. The van der Waals surface area contributed by atoms with E-state index in [-0.39, 0.29) is 35.0 Å². The lowest BCUT2D eigenvalue weighted by molar-refractivity contribution is -0.137. The smallest absolute Gasteiger partial charge is 0.335 e. The third-order valence-electron chi connectivity index (χ3n) is 8.34. The van der Waals surface area contributed by atoms with Gasteiger partial charge in [0.15, 0.2) is 11.5 Å². The van der Waals surface area contributed by atoms with Crippen LogP contribution in [0.5, 0.6) is 11.5 Å². The number of hydrogen-bond acceptors (Lipinski definition) is 7. The van der Waals surface area contributed by atoms with Crippen LogP contribution in [0.3, 0.4) is 0 Å². The molecule has 0 amide bonds. The van der Waals surface area contributed by atoms with E-state index in [0.29, 0.717) is 12.2 Å². The van der Waals surface area contributed by atoms with Gasteiger partial charge in [-0.25, -0.2) is 4.79 Å². The quantitative estimate of drug-likeness (QED) is 0.602. The van der Waals surface area contributed by atoms with Crippen molar-refractivity contribution in [2.45, 2.75) is 49.9 Å². The summed E-state index contributed by atoms with van der Waals surface area (Å²) in [6.07, 6.45) is 3.11. The molecule has 1 aliphatic carbocycles.